The Kier molecular flexibility index (Phi) is 4.30. The van der Waals surface area contributed by atoms with Gasteiger partial charge in [-0.25, -0.2) is 4.68 Å². The first-order chi connectivity index (χ1) is 9.69. The Morgan fingerprint density at radius 3 is 2.70 bits per heavy atom. The van der Waals surface area contributed by atoms with Crippen LogP contribution in [0.25, 0.3) is 17.3 Å². The smallest absolute Gasteiger partial charge is 0.290 e. The van der Waals surface area contributed by atoms with Crippen molar-refractivity contribution < 1.29 is 0 Å². The first kappa shape index (κ1) is 14.0. The van der Waals surface area contributed by atoms with Crippen molar-refractivity contribution in [1.29, 1.82) is 0 Å². The fraction of sp³-hybridized carbons (Fsp3) is 0.267. The maximum Gasteiger partial charge on any atom is 0.290 e. The molecule has 2 N–H and O–H groups in total. The second kappa shape index (κ2) is 6.14. The average molecular weight is 270 g/mol. The second-order valence-corrected chi connectivity index (χ2v) is 4.50. The molecular formula is C15H18N4O. The van der Waals surface area contributed by atoms with Crippen LogP contribution in [0.1, 0.15) is 25.3 Å². The van der Waals surface area contributed by atoms with Crippen molar-refractivity contribution in [1.82, 2.24) is 14.8 Å². The van der Waals surface area contributed by atoms with E-state index in [1.807, 2.05) is 12.1 Å². The van der Waals surface area contributed by atoms with Crippen LogP contribution in [-0.2, 0) is 6.54 Å². The number of nitrogens with zero attached hydrogens (tertiary/aromatic N) is 3. The molecule has 0 radical (unpaired) electrons. The van der Waals surface area contributed by atoms with Crippen LogP contribution >= 0.6 is 0 Å². The third-order valence-electron chi connectivity index (χ3n) is 3.11. The molecule has 0 bridgehead atoms. The highest BCUT2D eigenvalue weighted by molar-refractivity contribution is 5.77. The molecule has 5 heteroatoms. The Bertz CT molecular complexity index is 662. The number of nitrogens with two attached hydrogens (primary N) is 1. The van der Waals surface area contributed by atoms with E-state index in [0.29, 0.717) is 17.8 Å². The van der Waals surface area contributed by atoms with Gasteiger partial charge >= 0.3 is 0 Å². The normalized spacial score (nSPS) is 10.4. The highest BCUT2D eigenvalue weighted by atomic mass is 16.1. The standard InChI is InChI=1S/C15H18N4O/c1-3-5-10-19-15(20)13(16)12(4-2)14(18-19)11-6-8-17-9-7-11/h4,6-9H,2-3,5,10,16H2,1H3. The molecule has 0 fully saturated rings. The number of rotatable bonds is 5. The summed E-state index contributed by atoms with van der Waals surface area (Å²) in [5.41, 5.74) is 7.99. The minimum atomic E-state index is -0.258. The van der Waals surface area contributed by atoms with E-state index in [0.717, 1.165) is 18.4 Å². The van der Waals surface area contributed by atoms with Gasteiger partial charge in [-0.3, -0.25) is 9.78 Å². The number of aryl methyl sites for hydroxylation is 1. The topological polar surface area (TPSA) is 73.8 Å². The van der Waals surface area contributed by atoms with E-state index in [4.69, 9.17) is 5.73 Å². The van der Waals surface area contributed by atoms with Crippen LogP contribution < -0.4 is 11.3 Å². The van der Waals surface area contributed by atoms with Crippen LogP contribution in [0, 0.1) is 0 Å². The molecule has 5 nitrogen and oxygen atoms in total. The molecule has 0 unspecified atom stereocenters. The van der Waals surface area contributed by atoms with Gasteiger partial charge in [-0.15, -0.1) is 0 Å². The van der Waals surface area contributed by atoms with Gasteiger partial charge in [0.1, 0.15) is 11.4 Å². The number of pyridine rings is 1. The van der Waals surface area contributed by atoms with Crippen molar-refractivity contribution in [2.45, 2.75) is 26.3 Å². The molecule has 0 atom stereocenters. The van der Waals surface area contributed by atoms with Crippen LogP contribution in [0.15, 0.2) is 35.9 Å². The fourth-order valence-corrected chi connectivity index (χ4v) is 1.99. The van der Waals surface area contributed by atoms with Crippen molar-refractivity contribution in [3.63, 3.8) is 0 Å². The van der Waals surface area contributed by atoms with Gasteiger partial charge in [0.25, 0.3) is 5.56 Å². The van der Waals surface area contributed by atoms with E-state index in [-0.39, 0.29) is 11.2 Å². The minimum Gasteiger partial charge on any atom is -0.394 e. The van der Waals surface area contributed by atoms with Gasteiger partial charge in [0, 0.05) is 30.1 Å². The quantitative estimate of drug-likeness (QED) is 0.905. The van der Waals surface area contributed by atoms with Gasteiger partial charge in [-0.2, -0.15) is 5.10 Å². The van der Waals surface area contributed by atoms with E-state index in [1.165, 1.54) is 4.68 Å². The zero-order valence-corrected chi connectivity index (χ0v) is 11.5. The SMILES string of the molecule is C=Cc1c(-c2ccncc2)nn(CCCC)c(=O)c1N. The third kappa shape index (κ3) is 2.61. The highest BCUT2D eigenvalue weighted by Crippen LogP contribution is 2.23. The molecule has 0 aliphatic heterocycles. The van der Waals surface area contributed by atoms with Gasteiger partial charge in [0.2, 0.25) is 0 Å². The number of nitrogen functional groups attached to an aromatic ring is 1. The maximum absolute atomic E-state index is 12.2. The predicted octanol–water partition coefficient (Wildman–Crippen LogP) is 2.33. The lowest BCUT2D eigenvalue weighted by Gasteiger charge is -2.12. The summed E-state index contributed by atoms with van der Waals surface area (Å²) in [4.78, 5) is 16.1. The Morgan fingerprint density at radius 2 is 2.10 bits per heavy atom. The Balaban J connectivity index is 2.63. The van der Waals surface area contributed by atoms with E-state index in [2.05, 4.69) is 23.6 Å². The lowest BCUT2D eigenvalue weighted by Crippen LogP contribution is -2.27. The van der Waals surface area contributed by atoms with Crippen LogP contribution in [0.4, 0.5) is 5.69 Å². The van der Waals surface area contributed by atoms with E-state index in [9.17, 15) is 4.79 Å². The third-order valence-corrected chi connectivity index (χ3v) is 3.11. The molecule has 2 rings (SSSR count). The summed E-state index contributed by atoms with van der Waals surface area (Å²) in [6.07, 6.45) is 6.81. The zero-order valence-electron chi connectivity index (χ0n) is 11.5. The van der Waals surface area contributed by atoms with Gasteiger partial charge < -0.3 is 5.73 Å². The van der Waals surface area contributed by atoms with E-state index in [1.54, 1.807) is 18.5 Å². The molecule has 0 aliphatic carbocycles. The van der Waals surface area contributed by atoms with Crippen LogP contribution in [0.5, 0.6) is 0 Å². The molecule has 0 spiro atoms. The van der Waals surface area contributed by atoms with E-state index < -0.39 is 0 Å². The summed E-state index contributed by atoms with van der Waals surface area (Å²) < 4.78 is 1.43. The molecule has 2 aromatic rings. The Morgan fingerprint density at radius 1 is 1.40 bits per heavy atom. The largest absolute Gasteiger partial charge is 0.394 e. The number of hydrogen-bond acceptors (Lipinski definition) is 4. The molecular weight excluding hydrogens is 252 g/mol. The summed E-state index contributed by atoms with van der Waals surface area (Å²) in [5.74, 6) is 0. The molecule has 2 aromatic heterocycles. The van der Waals surface area contributed by atoms with Crippen LogP contribution in [-0.4, -0.2) is 14.8 Å². The summed E-state index contributed by atoms with van der Waals surface area (Å²) in [5, 5.41) is 4.44. The molecule has 0 saturated heterocycles. The summed E-state index contributed by atoms with van der Waals surface area (Å²) in [6.45, 7) is 6.36. The zero-order chi connectivity index (χ0) is 14.5. The number of unbranched alkanes of at least 4 members (excludes halogenated alkanes) is 1. The molecule has 0 saturated carbocycles. The molecule has 0 aromatic carbocycles. The molecule has 2 heterocycles. The Labute approximate surface area is 117 Å². The summed E-state index contributed by atoms with van der Waals surface area (Å²) >= 11 is 0. The first-order valence-corrected chi connectivity index (χ1v) is 6.62. The van der Waals surface area contributed by atoms with Crippen molar-refractivity contribution in [2.24, 2.45) is 0 Å². The molecule has 20 heavy (non-hydrogen) atoms. The fourth-order valence-electron chi connectivity index (χ4n) is 1.99. The molecule has 0 amide bonds. The number of anilines is 1. The first-order valence-electron chi connectivity index (χ1n) is 6.62. The number of aromatic nitrogens is 3. The van der Waals surface area contributed by atoms with Crippen molar-refractivity contribution >= 4 is 11.8 Å². The van der Waals surface area contributed by atoms with Gasteiger partial charge in [0.05, 0.1) is 0 Å². The van der Waals surface area contributed by atoms with Gasteiger partial charge in [0.15, 0.2) is 0 Å². The van der Waals surface area contributed by atoms with Crippen molar-refractivity contribution in [3.05, 3.63) is 47.0 Å². The highest BCUT2D eigenvalue weighted by Gasteiger charge is 2.14. The summed E-state index contributed by atoms with van der Waals surface area (Å²) in [6, 6.07) is 3.67. The van der Waals surface area contributed by atoms with Crippen molar-refractivity contribution in [3.8, 4) is 11.3 Å². The Hall–Kier alpha value is -2.43. The van der Waals surface area contributed by atoms with Gasteiger partial charge in [-0.1, -0.05) is 26.0 Å². The predicted molar refractivity (Wildman–Crippen MR) is 81.1 cm³/mol. The summed E-state index contributed by atoms with van der Waals surface area (Å²) in [7, 11) is 0. The monoisotopic (exact) mass is 270 g/mol. The van der Waals surface area contributed by atoms with Crippen LogP contribution in [0.3, 0.4) is 0 Å². The molecule has 0 aliphatic rings. The lowest BCUT2D eigenvalue weighted by atomic mass is 10.1. The van der Waals surface area contributed by atoms with E-state index >= 15 is 0 Å². The lowest BCUT2D eigenvalue weighted by molar-refractivity contribution is 0.546. The van der Waals surface area contributed by atoms with Gasteiger partial charge in [-0.05, 0) is 18.6 Å². The maximum atomic E-state index is 12.2. The second-order valence-electron chi connectivity index (χ2n) is 4.50. The van der Waals surface area contributed by atoms with Crippen molar-refractivity contribution in [2.75, 3.05) is 5.73 Å². The molecule has 104 valence electrons. The van der Waals surface area contributed by atoms with Crippen LogP contribution in [0.2, 0.25) is 0 Å². The minimum absolute atomic E-state index is 0.193. The number of hydrogen-bond donors (Lipinski definition) is 1. The average Bonchev–Trinajstić information content (AvgIpc) is 2.49.